The summed E-state index contributed by atoms with van der Waals surface area (Å²) in [6.07, 6.45) is 5.52. The Morgan fingerprint density at radius 3 is 2.60 bits per heavy atom. The van der Waals surface area contributed by atoms with E-state index in [1.54, 1.807) is 0 Å². The first-order valence-corrected chi connectivity index (χ1v) is 6.15. The molecule has 1 atom stereocenters. The summed E-state index contributed by atoms with van der Waals surface area (Å²) < 4.78 is 5.24. The zero-order valence-corrected chi connectivity index (χ0v) is 10.00. The summed E-state index contributed by atoms with van der Waals surface area (Å²) in [6, 6.07) is 0. The van der Waals surface area contributed by atoms with Gasteiger partial charge in [0.25, 0.3) is 0 Å². The molecule has 3 heteroatoms. The third kappa shape index (κ3) is 4.54. The zero-order valence-electron chi connectivity index (χ0n) is 10.00. The van der Waals surface area contributed by atoms with Crippen molar-refractivity contribution in [1.29, 1.82) is 0 Å². The summed E-state index contributed by atoms with van der Waals surface area (Å²) in [4.78, 5) is 13.4. The van der Waals surface area contributed by atoms with Crippen LogP contribution in [0.4, 0.5) is 4.79 Å². The molecule has 1 heterocycles. The Balaban J connectivity index is 2.12. The maximum atomic E-state index is 11.6. The molecule has 1 rings (SSSR count). The molecule has 15 heavy (non-hydrogen) atoms. The minimum atomic E-state index is -0.113. The molecule has 0 spiro atoms. The Hall–Kier alpha value is -0.730. The predicted molar refractivity (Wildman–Crippen MR) is 60.8 cm³/mol. The quantitative estimate of drug-likeness (QED) is 0.718. The van der Waals surface area contributed by atoms with Crippen molar-refractivity contribution in [2.45, 2.75) is 46.0 Å². The molecule has 1 amide bonds. The van der Waals surface area contributed by atoms with Crippen LogP contribution >= 0.6 is 0 Å². The summed E-state index contributed by atoms with van der Waals surface area (Å²) in [5, 5.41) is 0. The molecule has 1 saturated heterocycles. The van der Waals surface area contributed by atoms with Crippen molar-refractivity contribution in [2.75, 3.05) is 19.7 Å². The number of carbonyl (C=O) groups is 1. The maximum absolute atomic E-state index is 11.6. The Morgan fingerprint density at radius 2 is 2.00 bits per heavy atom. The van der Waals surface area contributed by atoms with E-state index < -0.39 is 0 Å². The van der Waals surface area contributed by atoms with Crippen LogP contribution in [-0.2, 0) is 4.74 Å². The van der Waals surface area contributed by atoms with Gasteiger partial charge in [-0.25, -0.2) is 4.79 Å². The fourth-order valence-corrected chi connectivity index (χ4v) is 1.72. The van der Waals surface area contributed by atoms with Crippen LogP contribution in [0.3, 0.4) is 0 Å². The zero-order chi connectivity index (χ0) is 11.1. The van der Waals surface area contributed by atoms with Crippen LogP contribution in [0.1, 0.15) is 46.0 Å². The molecule has 0 radical (unpaired) electrons. The second-order valence-electron chi connectivity index (χ2n) is 4.46. The van der Waals surface area contributed by atoms with Crippen molar-refractivity contribution in [3.63, 3.8) is 0 Å². The van der Waals surface area contributed by atoms with Crippen LogP contribution in [0.2, 0.25) is 0 Å². The summed E-state index contributed by atoms with van der Waals surface area (Å²) >= 11 is 0. The second-order valence-corrected chi connectivity index (χ2v) is 4.46. The average molecular weight is 213 g/mol. The minimum absolute atomic E-state index is 0.113. The largest absolute Gasteiger partial charge is 0.449 e. The van der Waals surface area contributed by atoms with Gasteiger partial charge >= 0.3 is 6.09 Å². The molecule has 0 N–H and O–H groups in total. The first-order valence-electron chi connectivity index (χ1n) is 6.15. The molecule has 88 valence electrons. The monoisotopic (exact) mass is 213 g/mol. The van der Waals surface area contributed by atoms with Gasteiger partial charge in [-0.2, -0.15) is 0 Å². The van der Waals surface area contributed by atoms with Crippen LogP contribution in [0.5, 0.6) is 0 Å². The van der Waals surface area contributed by atoms with E-state index in [2.05, 4.69) is 13.8 Å². The van der Waals surface area contributed by atoms with Gasteiger partial charge in [-0.3, -0.25) is 0 Å². The summed E-state index contributed by atoms with van der Waals surface area (Å²) in [6.45, 7) is 6.68. The Bertz CT molecular complexity index is 188. The van der Waals surface area contributed by atoms with Crippen LogP contribution in [0.15, 0.2) is 0 Å². The number of likely N-dealkylation sites (tertiary alicyclic amines) is 1. The number of amides is 1. The number of ether oxygens (including phenoxy) is 1. The fraction of sp³-hybridized carbons (Fsp3) is 0.917. The molecule has 1 unspecified atom stereocenters. The number of hydrogen-bond acceptors (Lipinski definition) is 2. The highest BCUT2D eigenvalue weighted by molar-refractivity contribution is 5.67. The lowest BCUT2D eigenvalue weighted by atomic mass is 10.1. The normalized spacial score (nSPS) is 18.7. The van der Waals surface area contributed by atoms with E-state index in [4.69, 9.17) is 4.74 Å². The number of carbonyl (C=O) groups excluding carboxylic acids is 1. The molecular formula is C12H23NO2. The van der Waals surface area contributed by atoms with Gasteiger partial charge in [0.1, 0.15) is 0 Å². The second kappa shape index (κ2) is 6.70. The Morgan fingerprint density at radius 1 is 1.33 bits per heavy atom. The molecule has 0 bridgehead atoms. The van der Waals surface area contributed by atoms with E-state index >= 15 is 0 Å². The van der Waals surface area contributed by atoms with Crippen LogP contribution < -0.4 is 0 Å². The summed E-state index contributed by atoms with van der Waals surface area (Å²) in [5.41, 5.74) is 0. The van der Waals surface area contributed by atoms with Gasteiger partial charge in [0.05, 0.1) is 6.61 Å². The van der Waals surface area contributed by atoms with Crippen molar-refractivity contribution < 1.29 is 9.53 Å². The minimum Gasteiger partial charge on any atom is -0.449 e. The van der Waals surface area contributed by atoms with Gasteiger partial charge in [0, 0.05) is 13.1 Å². The van der Waals surface area contributed by atoms with Crippen molar-refractivity contribution >= 4 is 6.09 Å². The molecular weight excluding hydrogens is 190 g/mol. The fourth-order valence-electron chi connectivity index (χ4n) is 1.72. The highest BCUT2D eigenvalue weighted by Gasteiger charge is 2.17. The third-order valence-electron chi connectivity index (χ3n) is 3.15. The Kier molecular flexibility index (Phi) is 5.51. The highest BCUT2D eigenvalue weighted by atomic mass is 16.6. The number of hydrogen-bond donors (Lipinski definition) is 0. The number of rotatable bonds is 4. The van der Waals surface area contributed by atoms with E-state index in [1.807, 2.05) is 4.90 Å². The van der Waals surface area contributed by atoms with Gasteiger partial charge in [-0.1, -0.05) is 20.3 Å². The van der Waals surface area contributed by atoms with E-state index in [1.165, 1.54) is 6.42 Å². The van der Waals surface area contributed by atoms with E-state index in [9.17, 15) is 4.79 Å². The number of nitrogens with zero attached hydrogens (tertiary/aromatic N) is 1. The van der Waals surface area contributed by atoms with Gasteiger partial charge < -0.3 is 9.64 Å². The van der Waals surface area contributed by atoms with E-state index in [0.29, 0.717) is 12.5 Å². The molecule has 1 aliphatic rings. The van der Waals surface area contributed by atoms with E-state index in [0.717, 1.165) is 38.8 Å². The van der Waals surface area contributed by atoms with E-state index in [-0.39, 0.29) is 6.09 Å². The molecule has 0 aromatic carbocycles. The van der Waals surface area contributed by atoms with Crippen molar-refractivity contribution in [3.05, 3.63) is 0 Å². The van der Waals surface area contributed by atoms with Gasteiger partial charge in [0.15, 0.2) is 0 Å². The molecule has 1 aliphatic heterocycles. The summed E-state index contributed by atoms with van der Waals surface area (Å²) in [5.74, 6) is 0.652. The average Bonchev–Trinajstić information content (AvgIpc) is 2.29. The van der Waals surface area contributed by atoms with Gasteiger partial charge in [-0.15, -0.1) is 0 Å². The lowest BCUT2D eigenvalue weighted by molar-refractivity contribution is 0.0906. The lowest BCUT2D eigenvalue weighted by Crippen LogP contribution is -2.36. The topological polar surface area (TPSA) is 29.5 Å². The van der Waals surface area contributed by atoms with Gasteiger partial charge in [-0.05, 0) is 31.6 Å². The molecule has 0 aromatic heterocycles. The smallest absolute Gasteiger partial charge is 0.409 e. The lowest BCUT2D eigenvalue weighted by Gasteiger charge is -2.26. The SMILES string of the molecule is CCC(C)CCOC(=O)N1CCCCC1. The summed E-state index contributed by atoms with van der Waals surface area (Å²) in [7, 11) is 0. The van der Waals surface area contributed by atoms with Crippen LogP contribution in [0, 0.1) is 5.92 Å². The Labute approximate surface area is 92.8 Å². The molecule has 1 fully saturated rings. The first-order chi connectivity index (χ1) is 7.24. The molecule has 0 aromatic rings. The van der Waals surface area contributed by atoms with Gasteiger partial charge in [0.2, 0.25) is 0 Å². The highest BCUT2D eigenvalue weighted by Crippen LogP contribution is 2.11. The first kappa shape index (κ1) is 12.3. The molecule has 0 saturated carbocycles. The van der Waals surface area contributed by atoms with Crippen molar-refractivity contribution in [3.8, 4) is 0 Å². The predicted octanol–water partition coefficient (Wildman–Crippen LogP) is 3.05. The molecule has 0 aliphatic carbocycles. The maximum Gasteiger partial charge on any atom is 0.409 e. The van der Waals surface area contributed by atoms with Crippen molar-refractivity contribution in [1.82, 2.24) is 4.90 Å². The standard InChI is InChI=1S/C12H23NO2/c1-3-11(2)7-10-15-12(14)13-8-5-4-6-9-13/h11H,3-10H2,1-2H3. The van der Waals surface area contributed by atoms with Crippen LogP contribution in [-0.4, -0.2) is 30.7 Å². The van der Waals surface area contributed by atoms with Crippen LogP contribution in [0.25, 0.3) is 0 Å². The molecule has 3 nitrogen and oxygen atoms in total. The van der Waals surface area contributed by atoms with Crippen molar-refractivity contribution in [2.24, 2.45) is 5.92 Å². The number of piperidine rings is 1. The third-order valence-corrected chi connectivity index (χ3v) is 3.15.